The van der Waals surface area contributed by atoms with Crippen LogP contribution < -0.4 is 4.90 Å². The number of fused-ring (bicyclic) bond motifs is 7. The van der Waals surface area contributed by atoms with Gasteiger partial charge in [0.25, 0.3) is 0 Å². The number of furan rings is 1. The van der Waals surface area contributed by atoms with Gasteiger partial charge in [-0.25, -0.2) is 4.98 Å². The third-order valence-corrected chi connectivity index (χ3v) is 10.2. The van der Waals surface area contributed by atoms with Gasteiger partial charge < -0.3 is 13.7 Å². The van der Waals surface area contributed by atoms with Crippen LogP contribution in [0.5, 0.6) is 0 Å². The van der Waals surface area contributed by atoms with Crippen LogP contribution in [0.15, 0.2) is 167 Å². The summed E-state index contributed by atoms with van der Waals surface area (Å²) in [6.07, 6.45) is 0. The van der Waals surface area contributed by atoms with Crippen LogP contribution in [0, 0.1) is 0 Å². The van der Waals surface area contributed by atoms with Crippen molar-refractivity contribution >= 4 is 81.6 Å². The van der Waals surface area contributed by atoms with E-state index < -0.39 is 0 Å². The summed E-state index contributed by atoms with van der Waals surface area (Å²) in [6, 6.07) is 55.2. The third-order valence-electron chi connectivity index (χ3n) is 9.09. The van der Waals surface area contributed by atoms with Crippen molar-refractivity contribution in [1.29, 1.82) is 0 Å². The van der Waals surface area contributed by atoms with Gasteiger partial charge in [0, 0.05) is 59.6 Å². The second-order valence-electron chi connectivity index (χ2n) is 12.0. The average Bonchev–Trinajstić information content (AvgIpc) is 3.84. The molecule has 0 radical (unpaired) electrons. The van der Waals surface area contributed by atoms with E-state index in [4.69, 9.17) is 13.8 Å². The molecule has 0 fully saturated rings. The minimum atomic E-state index is 0.602. The fraction of sp³-hybridized carbons (Fsp3) is 0. The summed E-state index contributed by atoms with van der Waals surface area (Å²) < 4.78 is 15.2. The van der Waals surface area contributed by atoms with Crippen molar-refractivity contribution < 1.29 is 8.83 Å². The Labute approximate surface area is 279 Å². The molecule has 0 aliphatic carbocycles. The van der Waals surface area contributed by atoms with Crippen LogP contribution in [0.2, 0.25) is 0 Å². The first kappa shape index (κ1) is 27.0. The molecule has 5 heteroatoms. The van der Waals surface area contributed by atoms with E-state index in [-0.39, 0.29) is 0 Å². The molecule has 0 amide bonds. The highest BCUT2D eigenvalue weighted by Crippen LogP contribution is 2.43. The molecule has 0 N–H and O–H groups in total. The van der Waals surface area contributed by atoms with E-state index in [1.54, 1.807) is 0 Å². The lowest BCUT2D eigenvalue weighted by Gasteiger charge is -2.26. The molecule has 0 saturated heterocycles. The second kappa shape index (κ2) is 10.7. The van der Waals surface area contributed by atoms with Crippen molar-refractivity contribution in [2.24, 2.45) is 0 Å². The fourth-order valence-corrected chi connectivity index (χ4v) is 7.85. The zero-order valence-electron chi connectivity index (χ0n) is 25.6. The van der Waals surface area contributed by atoms with Gasteiger partial charge in [-0.15, -0.1) is 11.3 Å². The Morgan fingerprint density at radius 1 is 0.417 bits per heavy atom. The molecule has 3 aromatic heterocycles. The minimum absolute atomic E-state index is 0.602. The van der Waals surface area contributed by atoms with Crippen molar-refractivity contribution in [2.75, 3.05) is 4.90 Å². The minimum Gasteiger partial charge on any atom is -0.456 e. The molecule has 3 heterocycles. The molecule has 0 aliphatic rings. The lowest BCUT2D eigenvalue weighted by Crippen LogP contribution is -2.09. The molecule has 0 atom stereocenters. The van der Waals surface area contributed by atoms with E-state index >= 15 is 0 Å². The molecule has 0 unspecified atom stereocenters. The summed E-state index contributed by atoms with van der Waals surface area (Å²) in [5.41, 5.74) is 9.65. The van der Waals surface area contributed by atoms with E-state index in [2.05, 4.69) is 126 Å². The normalized spacial score (nSPS) is 11.8. The number of nitrogens with zero attached hydrogens (tertiary/aromatic N) is 2. The van der Waals surface area contributed by atoms with Gasteiger partial charge in [0.15, 0.2) is 5.58 Å². The molecule has 0 saturated carbocycles. The average molecular weight is 635 g/mol. The Hall–Kier alpha value is -6.17. The standard InChI is InChI=1S/C43H26N2O2S/c1-3-9-27(10-4-1)28-15-17-30(18-16-28)45(32-20-22-42-36(24-32)33-13-7-8-14-41(33)48-42)31-19-21-38-34(23-31)35-25-40-37(26-39(35)46-38)44-43(47-40)29-11-5-2-6-12-29/h1-26H. The Morgan fingerprint density at radius 3 is 1.85 bits per heavy atom. The first-order chi connectivity index (χ1) is 23.7. The van der Waals surface area contributed by atoms with Crippen LogP contribution >= 0.6 is 11.3 Å². The Morgan fingerprint density at radius 2 is 1.04 bits per heavy atom. The molecule has 226 valence electrons. The van der Waals surface area contributed by atoms with Gasteiger partial charge in [-0.1, -0.05) is 78.9 Å². The predicted molar refractivity (Wildman–Crippen MR) is 200 cm³/mol. The highest BCUT2D eigenvalue weighted by molar-refractivity contribution is 7.25. The molecule has 0 spiro atoms. The van der Waals surface area contributed by atoms with Crippen molar-refractivity contribution in [3.8, 4) is 22.6 Å². The molecule has 0 aliphatic heterocycles. The van der Waals surface area contributed by atoms with Crippen LogP contribution in [-0.4, -0.2) is 4.98 Å². The Balaban J connectivity index is 1.14. The topological polar surface area (TPSA) is 42.4 Å². The number of thiophene rings is 1. The molecule has 0 bridgehead atoms. The van der Waals surface area contributed by atoms with Gasteiger partial charge in [0.2, 0.25) is 5.89 Å². The van der Waals surface area contributed by atoms with E-state index in [1.807, 2.05) is 47.7 Å². The number of anilines is 3. The highest BCUT2D eigenvalue weighted by Gasteiger charge is 2.19. The number of benzene rings is 7. The second-order valence-corrected chi connectivity index (χ2v) is 13.1. The van der Waals surface area contributed by atoms with Crippen molar-refractivity contribution in [3.05, 3.63) is 158 Å². The Bertz CT molecular complexity index is 2780. The van der Waals surface area contributed by atoms with Crippen molar-refractivity contribution in [2.45, 2.75) is 0 Å². The number of oxazole rings is 1. The van der Waals surface area contributed by atoms with Crippen molar-refractivity contribution in [1.82, 2.24) is 4.98 Å². The molecule has 10 aromatic rings. The summed E-state index contributed by atoms with van der Waals surface area (Å²) in [6.45, 7) is 0. The van der Waals surface area contributed by atoms with Gasteiger partial charge in [-0.2, -0.15) is 0 Å². The van der Waals surface area contributed by atoms with Gasteiger partial charge in [0.05, 0.1) is 0 Å². The predicted octanol–water partition coefficient (Wildman–Crippen LogP) is 12.9. The number of hydrogen-bond donors (Lipinski definition) is 0. The number of hydrogen-bond acceptors (Lipinski definition) is 5. The number of rotatable bonds is 5. The zero-order valence-corrected chi connectivity index (χ0v) is 26.4. The largest absolute Gasteiger partial charge is 0.456 e. The van der Waals surface area contributed by atoms with Crippen LogP contribution in [0.1, 0.15) is 0 Å². The van der Waals surface area contributed by atoms with E-state index in [1.165, 1.54) is 31.3 Å². The maximum Gasteiger partial charge on any atom is 0.227 e. The maximum absolute atomic E-state index is 6.38. The highest BCUT2D eigenvalue weighted by atomic mass is 32.1. The summed E-state index contributed by atoms with van der Waals surface area (Å²) in [5, 5.41) is 4.56. The quantitative estimate of drug-likeness (QED) is 0.189. The van der Waals surface area contributed by atoms with Gasteiger partial charge >= 0.3 is 0 Å². The third kappa shape index (κ3) is 4.40. The van der Waals surface area contributed by atoms with Gasteiger partial charge in [-0.3, -0.25) is 0 Å². The summed E-state index contributed by atoms with van der Waals surface area (Å²) in [5.74, 6) is 0.602. The van der Waals surface area contributed by atoms with Crippen molar-refractivity contribution in [3.63, 3.8) is 0 Å². The number of aromatic nitrogens is 1. The maximum atomic E-state index is 6.38. The van der Waals surface area contributed by atoms with Crippen LogP contribution in [-0.2, 0) is 0 Å². The molecule has 7 aromatic carbocycles. The van der Waals surface area contributed by atoms with Crippen LogP contribution in [0.25, 0.3) is 75.8 Å². The first-order valence-corrected chi connectivity index (χ1v) is 16.8. The molecular formula is C43H26N2O2S. The van der Waals surface area contributed by atoms with Crippen LogP contribution in [0.3, 0.4) is 0 Å². The van der Waals surface area contributed by atoms with Crippen LogP contribution in [0.4, 0.5) is 17.1 Å². The molecule has 4 nitrogen and oxygen atoms in total. The summed E-state index contributed by atoms with van der Waals surface area (Å²) in [4.78, 5) is 7.10. The first-order valence-electron chi connectivity index (χ1n) is 15.9. The molecular weight excluding hydrogens is 609 g/mol. The smallest absolute Gasteiger partial charge is 0.227 e. The summed E-state index contributed by atoms with van der Waals surface area (Å²) in [7, 11) is 0. The summed E-state index contributed by atoms with van der Waals surface area (Å²) >= 11 is 1.83. The SMILES string of the molecule is c1ccc(-c2ccc(N(c3ccc4oc5cc6nc(-c7ccccc7)oc6cc5c4c3)c3ccc4sc5ccccc5c4c3)cc2)cc1. The monoisotopic (exact) mass is 634 g/mol. The molecule has 48 heavy (non-hydrogen) atoms. The lowest BCUT2D eigenvalue weighted by atomic mass is 10.0. The Kier molecular flexibility index (Phi) is 6.01. The van der Waals surface area contributed by atoms with E-state index in [9.17, 15) is 0 Å². The van der Waals surface area contributed by atoms with E-state index in [0.717, 1.165) is 55.7 Å². The van der Waals surface area contributed by atoms with Gasteiger partial charge in [0.1, 0.15) is 16.7 Å². The zero-order chi connectivity index (χ0) is 31.6. The fourth-order valence-electron chi connectivity index (χ4n) is 6.76. The van der Waals surface area contributed by atoms with E-state index in [0.29, 0.717) is 5.89 Å². The van der Waals surface area contributed by atoms with Gasteiger partial charge in [-0.05, 0) is 83.9 Å². The molecule has 10 rings (SSSR count). The lowest BCUT2D eigenvalue weighted by molar-refractivity contribution is 0.620.